The standard InChI is InChI=1S/C15H28N4O/c1-12(2)15-17-13-11-16-6-5-14(13)19(15)8-7-18(3)9-10-20-4/h12,16H,5-11H2,1-4H3. The molecule has 0 aliphatic carbocycles. The van der Waals surface area contributed by atoms with Gasteiger partial charge in [0, 0.05) is 57.9 Å². The highest BCUT2D eigenvalue weighted by Gasteiger charge is 2.21. The summed E-state index contributed by atoms with van der Waals surface area (Å²) in [5, 5.41) is 3.41. The molecule has 20 heavy (non-hydrogen) atoms. The Morgan fingerprint density at radius 2 is 2.20 bits per heavy atom. The molecule has 5 heteroatoms. The fraction of sp³-hybridized carbons (Fsp3) is 0.800. The molecule has 114 valence electrons. The maximum atomic E-state index is 5.13. The van der Waals surface area contributed by atoms with E-state index in [0.717, 1.165) is 45.8 Å². The third-order valence-corrected chi connectivity index (χ3v) is 3.91. The first-order chi connectivity index (χ1) is 9.63. The van der Waals surface area contributed by atoms with Crippen LogP contribution in [0.2, 0.25) is 0 Å². The van der Waals surface area contributed by atoms with Gasteiger partial charge in [-0.1, -0.05) is 13.8 Å². The van der Waals surface area contributed by atoms with E-state index < -0.39 is 0 Å². The van der Waals surface area contributed by atoms with Gasteiger partial charge in [-0.05, 0) is 7.05 Å². The molecule has 0 aromatic carbocycles. The number of nitrogens with one attached hydrogen (secondary N) is 1. The highest BCUT2D eigenvalue weighted by atomic mass is 16.5. The van der Waals surface area contributed by atoms with Crippen molar-refractivity contribution in [2.75, 3.05) is 40.4 Å². The molecule has 0 fully saturated rings. The van der Waals surface area contributed by atoms with E-state index in [-0.39, 0.29) is 0 Å². The molecular weight excluding hydrogens is 252 g/mol. The summed E-state index contributed by atoms with van der Waals surface area (Å²) in [5.74, 6) is 1.71. The van der Waals surface area contributed by atoms with Crippen molar-refractivity contribution in [3.63, 3.8) is 0 Å². The predicted octanol–water partition coefficient (Wildman–Crippen LogP) is 1.23. The largest absolute Gasteiger partial charge is 0.383 e. The van der Waals surface area contributed by atoms with Crippen LogP contribution in [0, 0.1) is 0 Å². The Morgan fingerprint density at radius 3 is 2.90 bits per heavy atom. The molecule has 2 heterocycles. The minimum absolute atomic E-state index is 0.477. The average molecular weight is 280 g/mol. The van der Waals surface area contributed by atoms with Crippen molar-refractivity contribution in [3.8, 4) is 0 Å². The van der Waals surface area contributed by atoms with Crippen LogP contribution in [0.15, 0.2) is 0 Å². The van der Waals surface area contributed by atoms with Gasteiger partial charge in [0.25, 0.3) is 0 Å². The van der Waals surface area contributed by atoms with Gasteiger partial charge in [-0.3, -0.25) is 0 Å². The van der Waals surface area contributed by atoms with Gasteiger partial charge in [0.15, 0.2) is 0 Å². The van der Waals surface area contributed by atoms with Gasteiger partial charge in [-0.2, -0.15) is 0 Å². The number of fused-ring (bicyclic) bond motifs is 1. The number of methoxy groups -OCH3 is 1. The molecule has 0 spiro atoms. The van der Waals surface area contributed by atoms with E-state index in [1.807, 2.05) is 0 Å². The number of imidazole rings is 1. The lowest BCUT2D eigenvalue weighted by atomic mass is 10.2. The van der Waals surface area contributed by atoms with Gasteiger partial charge < -0.3 is 19.5 Å². The number of hydrogen-bond donors (Lipinski definition) is 1. The summed E-state index contributed by atoms with van der Waals surface area (Å²) in [4.78, 5) is 7.17. The van der Waals surface area contributed by atoms with Crippen molar-refractivity contribution in [2.24, 2.45) is 0 Å². The third kappa shape index (κ3) is 3.59. The molecule has 0 unspecified atom stereocenters. The van der Waals surface area contributed by atoms with Crippen LogP contribution in [0.3, 0.4) is 0 Å². The summed E-state index contributed by atoms with van der Waals surface area (Å²) in [6.07, 6.45) is 1.09. The topological polar surface area (TPSA) is 42.3 Å². The lowest BCUT2D eigenvalue weighted by Crippen LogP contribution is -2.29. The van der Waals surface area contributed by atoms with Crippen LogP contribution in [0.1, 0.15) is 37.0 Å². The second kappa shape index (κ2) is 7.20. The van der Waals surface area contributed by atoms with Crippen molar-refractivity contribution < 1.29 is 4.74 Å². The van der Waals surface area contributed by atoms with Gasteiger partial charge in [0.05, 0.1) is 12.3 Å². The molecule has 2 rings (SSSR count). The van der Waals surface area contributed by atoms with Crippen LogP contribution in [0.25, 0.3) is 0 Å². The van der Waals surface area contributed by atoms with Crippen molar-refractivity contribution >= 4 is 0 Å². The molecular formula is C15H28N4O. The van der Waals surface area contributed by atoms with Gasteiger partial charge >= 0.3 is 0 Å². The lowest BCUT2D eigenvalue weighted by Gasteiger charge is -2.21. The number of aromatic nitrogens is 2. The molecule has 0 saturated heterocycles. The van der Waals surface area contributed by atoms with E-state index in [2.05, 4.69) is 35.7 Å². The molecule has 0 atom stereocenters. The SMILES string of the molecule is COCCN(C)CCn1c(C(C)C)nc2c1CCNC2. The Bertz CT molecular complexity index is 428. The van der Waals surface area contributed by atoms with Crippen LogP contribution in [0.5, 0.6) is 0 Å². The minimum atomic E-state index is 0.477. The zero-order valence-corrected chi connectivity index (χ0v) is 13.3. The van der Waals surface area contributed by atoms with Crippen molar-refractivity contribution in [2.45, 2.75) is 39.3 Å². The second-order valence-corrected chi connectivity index (χ2v) is 5.89. The monoisotopic (exact) mass is 280 g/mol. The van der Waals surface area contributed by atoms with Crippen molar-refractivity contribution in [1.29, 1.82) is 0 Å². The second-order valence-electron chi connectivity index (χ2n) is 5.89. The van der Waals surface area contributed by atoms with Gasteiger partial charge in [-0.15, -0.1) is 0 Å². The first-order valence-corrected chi connectivity index (χ1v) is 7.59. The Balaban J connectivity index is 2.07. The minimum Gasteiger partial charge on any atom is -0.383 e. The predicted molar refractivity (Wildman–Crippen MR) is 81.1 cm³/mol. The van der Waals surface area contributed by atoms with Gasteiger partial charge in [0.1, 0.15) is 5.82 Å². The zero-order chi connectivity index (χ0) is 14.5. The number of rotatable bonds is 7. The summed E-state index contributed by atoms with van der Waals surface area (Å²) in [6, 6.07) is 0. The Kier molecular flexibility index (Phi) is 5.57. The number of likely N-dealkylation sites (N-methyl/N-ethyl adjacent to an activating group) is 1. The maximum absolute atomic E-state index is 5.13. The Hall–Kier alpha value is -0.910. The summed E-state index contributed by atoms with van der Waals surface area (Å²) in [7, 11) is 3.91. The maximum Gasteiger partial charge on any atom is 0.111 e. The lowest BCUT2D eigenvalue weighted by molar-refractivity contribution is 0.159. The molecule has 0 amide bonds. The van der Waals surface area contributed by atoms with Crippen LogP contribution in [-0.4, -0.2) is 54.8 Å². The van der Waals surface area contributed by atoms with E-state index in [1.54, 1.807) is 7.11 Å². The van der Waals surface area contributed by atoms with Crippen molar-refractivity contribution in [3.05, 3.63) is 17.2 Å². The van der Waals surface area contributed by atoms with Crippen LogP contribution >= 0.6 is 0 Å². The summed E-state index contributed by atoms with van der Waals surface area (Å²) in [5.41, 5.74) is 2.69. The zero-order valence-electron chi connectivity index (χ0n) is 13.3. The number of ether oxygens (including phenoxy) is 1. The highest BCUT2D eigenvalue weighted by Crippen LogP contribution is 2.21. The number of nitrogens with zero attached hydrogens (tertiary/aromatic N) is 3. The molecule has 1 aliphatic rings. The highest BCUT2D eigenvalue weighted by molar-refractivity contribution is 5.21. The molecule has 1 N–H and O–H groups in total. The van der Waals surface area contributed by atoms with E-state index >= 15 is 0 Å². The Morgan fingerprint density at radius 1 is 1.40 bits per heavy atom. The van der Waals surface area contributed by atoms with Gasteiger partial charge in [-0.25, -0.2) is 4.98 Å². The van der Waals surface area contributed by atoms with E-state index in [1.165, 1.54) is 17.2 Å². The molecule has 0 saturated carbocycles. The molecule has 1 aromatic heterocycles. The van der Waals surface area contributed by atoms with E-state index in [0.29, 0.717) is 5.92 Å². The smallest absolute Gasteiger partial charge is 0.111 e. The number of hydrogen-bond acceptors (Lipinski definition) is 4. The van der Waals surface area contributed by atoms with Crippen LogP contribution < -0.4 is 5.32 Å². The summed E-state index contributed by atoms with van der Waals surface area (Å²) < 4.78 is 7.58. The molecule has 1 aromatic rings. The fourth-order valence-electron chi connectivity index (χ4n) is 2.71. The Labute approximate surface area is 122 Å². The third-order valence-electron chi connectivity index (χ3n) is 3.91. The first kappa shape index (κ1) is 15.5. The molecule has 0 bridgehead atoms. The van der Waals surface area contributed by atoms with E-state index in [4.69, 9.17) is 9.72 Å². The molecule has 5 nitrogen and oxygen atoms in total. The van der Waals surface area contributed by atoms with Gasteiger partial charge in [0.2, 0.25) is 0 Å². The van der Waals surface area contributed by atoms with Crippen molar-refractivity contribution in [1.82, 2.24) is 19.8 Å². The van der Waals surface area contributed by atoms with Crippen LogP contribution in [0.4, 0.5) is 0 Å². The first-order valence-electron chi connectivity index (χ1n) is 7.59. The van der Waals surface area contributed by atoms with E-state index in [9.17, 15) is 0 Å². The van der Waals surface area contributed by atoms with Crippen LogP contribution in [-0.2, 0) is 24.2 Å². The fourth-order valence-corrected chi connectivity index (χ4v) is 2.71. The molecule has 1 aliphatic heterocycles. The average Bonchev–Trinajstić information content (AvgIpc) is 2.82. The quantitative estimate of drug-likeness (QED) is 0.816. The molecule has 0 radical (unpaired) electrons. The summed E-state index contributed by atoms with van der Waals surface area (Å²) >= 11 is 0. The summed E-state index contributed by atoms with van der Waals surface area (Å²) in [6.45, 7) is 10.3. The normalized spacial score (nSPS) is 15.1.